The van der Waals surface area contributed by atoms with Crippen LogP contribution >= 0.6 is 11.6 Å². The van der Waals surface area contributed by atoms with Gasteiger partial charge in [-0.3, -0.25) is 0 Å². The maximum Gasteiger partial charge on any atom is 0.214 e. The predicted molar refractivity (Wildman–Crippen MR) is 78.9 cm³/mol. The van der Waals surface area contributed by atoms with E-state index in [-0.39, 0.29) is 11.1 Å². The molecule has 0 N–H and O–H groups in total. The van der Waals surface area contributed by atoms with Crippen molar-refractivity contribution in [2.75, 3.05) is 19.3 Å². The van der Waals surface area contributed by atoms with Gasteiger partial charge in [-0.25, -0.2) is 12.7 Å². The number of benzene rings is 1. The molecule has 1 aromatic carbocycles. The number of rotatable bonds is 6. The topological polar surface area (TPSA) is 37.4 Å². The first-order valence-electron chi connectivity index (χ1n) is 6.59. The van der Waals surface area contributed by atoms with E-state index in [0.29, 0.717) is 18.9 Å². The van der Waals surface area contributed by atoms with E-state index in [4.69, 9.17) is 11.6 Å². The molecule has 0 bridgehead atoms. The van der Waals surface area contributed by atoms with Gasteiger partial charge < -0.3 is 0 Å². The van der Waals surface area contributed by atoms with Gasteiger partial charge in [0.1, 0.15) is 0 Å². The molecule has 1 fully saturated rings. The molecule has 0 amide bonds. The highest BCUT2D eigenvalue weighted by molar-refractivity contribution is 7.89. The Morgan fingerprint density at radius 2 is 1.89 bits per heavy atom. The highest BCUT2D eigenvalue weighted by Crippen LogP contribution is 2.32. The second-order valence-electron chi connectivity index (χ2n) is 5.27. The Hall–Kier alpha value is -0.580. The molecular formula is C14H20ClNO2S. The fourth-order valence-corrected chi connectivity index (χ4v) is 4.08. The molecule has 0 saturated heterocycles. The minimum Gasteiger partial charge on any atom is -0.212 e. The van der Waals surface area contributed by atoms with Crippen LogP contribution < -0.4 is 0 Å². The van der Waals surface area contributed by atoms with Crippen molar-refractivity contribution in [2.24, 2.45) is 5.92 Å². The number of hydrogen-bond donors (Lipinski definition) is 0. The Bertz CT molecular complexity index is 497. The summed E-state index contributed by atoms with van der Waals surface area (Å²) in [4.78, 5) is 0. The number of aryl methyl sites for hydroxylation is 1. The van der Waals surface area contributed by atoms with Gasteiger partial charge in [-0.1, -0.05) is 30.3 Å². The average Bonchev–Trinajstić information content (AvgIpc) is 2.36. The molecule has 0 spiro atoms. The molecule has 0 aliphatic heterocycles. The normalized spacial score (nSPS) is 23.3. The molecule has 0 aromatic heterocycles. The van der Waals surface area contributed by atoms with Crippen LogP contribution in [-0.2, 0) is 16.4 Å². The molecule has 3 nitrogen and oxygen atoms in total. The van der Waals surface area contributed by atoms with Crippen LogP contribution in [0.25, 0.3) is 0 Å². The van der Waals surface area contributed by atoms with Crippen LogP contribution in [0.2, 0.25) is 0 Å². The van der Waals surface area contributed by atoms with Gasteiger partial charge in [0.15, 0.2) is 0 Å². The van der Waals surface area contributed by atoms with Crippen LogP contribution in [0.15, 0.2) is 30.3 Å². The summed E-state index contributed by atoms with van der Waals surface area (Å²) in [7, 11) is -1.49. The second-order valence-corrected chi connectivity index (χ2v) is 8.08. The molecule has 2 rings (SSSR count). The standard InChI is InChI=1S/C14H20ClNO2S/c1-16(11-13-9-14(15)10-13)19(17,18)8-7-12-5-3-2-4-6-12/h2-6,13-14H,7-11H2,1H3. The summed E-state index contributed by atoms with van der Waals surface area (Å²) >= 11 is 5.91. The molecule has 0 atom stereocenters. The van der Waals surface area contributed by atoms with E-state index in [1.807, 2.05) is 30.3 Å². The van der Waals surface area contributed by atoms with E-state index in [2.05, 4.69) is 0 Å². The first-order valence-corrected chi connectivity index (χ1v) is 8.64. The number of nitrogens with zero attached hydrogens (tertiary/aromatic N) is 1. The van der Waals surface area contributed by atoms with Crippen molar-refractivity contribution in [3.8, 4) is 0 Å². The predicted octanol–water partition coefficient (Wildman–Crippen LogP) is 2.51. The second kappa shape index (κ2) is 6.25. The summed E-state index contributed by atoms with van der Waals surface area (Å²) in [6, 6.07) is 9.71. The van der Waals surface area contributed by atoms with Crippen molar-refractivity contribution in [3.63, 3.8) is 0 Å². The van der Waals surface area contributed by atoms with E-state index in [1.165, 1.54) is 4.31 Å². The lowest BCUT2D eigenvalue weighted by Crippen LogP contribution is -2.39. The molecule has 1 saturated carbocycles. The Labute approximate surface area is 120 Å². The van der Waals surface area contributed by atoms with Crippen LogP contribution in [0.1, 0.15) is 18.4 Å². The van der Waals surface area contributed by atoms with Crippen LogP contribution in [0, 0.1) is 5.92 Å². The van der Waals surface area contributed by atoms with Crippen LogP contribution in [0.4, 0.5) is 0 Å². The SMILES string of the molecule is CN(CC1CC(Cl)C1)S(=O)(=O)CCc1ccccc1. The molecule has 19 heavy (non-hydrogen) atoms. The largest absolute Gasteiger partial charge is 0.214 e. The Morgan fingerprint density at radius 1 is 1.26 bits per heavy atom. The lowest BCUT2D eigenvalue weighted by atomic mass is 9.85. The van der Waals surface area contributed by atoms with Crippen LogP contribution in [0.3, 0.4) is 0 Å². The minimum absolute atomic E-state index is 0.171. The first-order chi connectivity index (χ1) is 8.97. The maximum absolute atomic E-state index is 12.2. The van der Waals surface area contributed by atoms with Crippen molar-refractivity contribution in [2.45, 2.75) is 24.6 Å². The molecule has 106 valence electrons. The fourth-order valence-electron chi connectivity index (χ4n) is 2.33. The molecular weight excluding hydrogens is 282 g/mol. The monoisotopic (exact) mass is 301 g/mol. The minimum atomic E-state index is -3.16. The number of hydrogen-bond acceptors (Lipinski definition) is 2. The van der Waals surface area contributed by atoms with Crippen LogP contribution in [0.5, 0.6) is 0 Å². The Balaban J connectivity index is 1.84. The quantitative estimate of drug-likeness (QED) is 0.757. The average molecular weight is 302 g/mol. The summed E-state index contributed by atoms with van der Waals surface area (Å²) in [5.41, 5.74) is 1.06. The molecule has 1 aliphatic carbocycles. The first kappa shape index (κ1) is 14.8. The van der Waals surface area contributed by atoms with Gasteiger partial charge >= 0.3 is 0 Å². The van der Waals surface area contributed by atoms with Gasteiger partial charge in [-0.15, -0.1) is 11.6 Å². The highest BCUT2D eigenvalue weighted by atomic mass is 35.5. The third kappa shape index (κ3) is 4.20. The summed E-state index contributed by atoms with van der Waals surface area (Å²) < 4.78 is 25.8. The lowest BCUT2D eigenvalue weighted by Gasteiger charge is -2.33. The van der Waals surface area contributed by atoms with Crippen molar-refractivity contribution in [3.05, 3.63) is 35.9 Å². The third-order valence-electron chi connectivity index (χ3n) is 3.66. The molecule has 1 aliphatic rings. The van der Waals surface area contributed by atoms with Crippen molar-refractivity contribution in [1.29, 1.82) is 0 Å². The molecule has 0 heterocycles. The van der Waals surface area contributed by atoms with Gasteiger partial charge in [-0.2, -0.15) is 0 Å². The van der Waals surface area contributed by atoms with Gasteiger partial charge in [0.05, 0.1) is 5.75 Å². The summed E-state index contributed by atoms with van der Waals surface area (Å²) in [5.74, 6) is 0.601. The zero-order valence-corrected chi connectivity index (χ0v) is 12.7. The Kier molecular flexibility index (Phi) is 4.87. The van der Waals surface area contributed by atoms with Gasteiger partial charge in [0.25, 0.3) is 0 Å². The van der Waals surface area contributed by atoms with Gasteiger partial charge in [0.2, 0.25) is 10.0 Å². The molecule has 0 unspecified atom stereocenters. The number of halogens is 1. The molecule has 0 radical (unpaired) electrons. The fraction of sp³-hybridized carbons (Fsp3) is 0.571. The number of sulfonamides is 1. The van der Waals surface area contributed by atoms with Crippen LogP contribution in [-0.4, -0.2) is 37.4 Å². The summed E-state index contributed by atoms with van der Waals surface area (Å²) in [5, 5.41) is 0.241. The summed E-state index contributed by atoms with van der Waals surface area (Å²) in [6.07, 6.45) is 2.43. The van der Waals surface area contributed by atoms with E-state index in [0.717, 1.165) is 18.4 Å². The lowest BCUT2D eigenvalue weighted by molar-refractivity contribution is 0.268. The maximum atomic E-state index is 12.2. The van der Waals surface area contributed by atoms with E-state index in [9.17, 15) is 8.42 Å². The zero-order valence-electron chi connectivity index (χ0n) is 11.1. The third-order valence-corrected chi connectivity index (χ3v) is 5.84. The molecule has 5 heteroatoms. The summed E-state index contributed by atoms with van der Waals surface area (Å²) in [6.45, 7) is 0.598. The number of alkyl halides is 1. The van der Waals surface area contributed by atoms with Gasteiger partial charge in [0, 0.05) is 19.0 Å². The van der Waals surface area contributed by atoms with E-state index < -0.39 is 10.0 Å². The van der Waals surface area contributed by atoms with E-state index in [1.54, 1.807) is 7.05 Å². The molecule has 1 aromatic rings. The van der Waals surface area contributed by atoms with Crippen molar-refractivity contribution in [1.82, 2.24) is 4.31 Å². The zero-order chi connectivity index (χ0) is 13.9. The van der Waals surface area contributed by atoms with Crippen molar-refractivity contribution >= 4 is 21.6 Å². The smallest absolute Gasteiger partial charge is 0.212 e. The van der Waals surface area contributed by atoms with Gasteiger partial charge in [-0.05, 0) is 30.7 Å². The highest BCUT2D eigenvalue weighted by Gasteiger charge is 2.30. The van der Waals surface area contributed by atoms with E-state index >= 15 is 0 Å². The van der Waals surface area contributed by atoms with Crippen molar-refractivity contribution < 1.29 is 8.42 Å². The Morgan fingerprint density at radius 3 is 2.47 bits per heavy atom.